The number of hydrogen-bond donors (Lipinski definition) is 2. The zero-order valence-electron chi connectivity index (χ0n) is 11.0. The Hall–Kier alpha value is -0.370. The summed E-state index contributed by atoms with van der Waals surface area (Å²) in [6, 6.07) is 6.94. The summed E-state index contributed by atoms with van der Waals surface area (Å²) in [5.41, 5.74) is 4.87. The van der Waals surface area contributed by atoms with Crippen LogP contribution in [0.1, 0.15) is 13.8 Å². The lowest BCUT2D eigenvalue weighted by Crippen LogP contribution is -2.48. The third kappa shape index (κ3) is 3.84. The van der Waals surface area contributed by atoms with Crippen molar-refractivity contribution in [2.45, 2.75) is 23.6 Å². The van der Waals surface area contributed by atoms with E-state index in [1.807, 2.05) is 6.07 Å². The van der Waals surface area contributed by atoms with Gasteiger partial charge in [0.2, 0.25) is 0 Å². The fourth-order valence-electron chi connectivity index (χ4n) is 1.58. The molecule has 0 unspecified atom stereocenters. The molecule has 2 aromatic rings. The van der Waals surface area contributed by atoms with E-state index in [4.69, 9.17) is 17.3 Å². The smallest absolute Gasteiger partial charge is 0.250 e. The second-order valence-corrected chi connectivity index (χ2v) is 8.37. The van der Waals surface area contributed by atoms with Crippen molar-refractivity contribution in [3.8, 4) is 0 Å². The molecule has 0 fully saturated rings. The third-order valence-corrected chi connectivity index (χ3v) is 6.16. The van der Waals surface area contributed by atoms with E-state index in [1.54, 1.807) is 32.0 Å². The lowest BCUT2D eigenvalue weighted by Gasteiger charge is -2.23. The fourth-order valence-corrected chi connectivity index (χ4v) is 4.56. The molecule has 0 aliphatic carbocycles. The van der Waals surface area contributed by atoms with Crippen LogP contribution in [0.5, 0.6) is 0 Å². The van der Waals surface area contributed by atoms with Gasteiger partial charge in [-0.3, -0.25) is 0 Å². The van der Waals surface area contributed by atoms with E-state index < -0.39 is 15.6 Å². The van der Waals surface area contributed by atoms with Crippen LogP contribution in [0.25, 0.3) is 10.1 Å². The van der Waals surface area contributed by atoms with Crippen LogP contribution in [0.3, 0.4) is 0 Å². The maximum Gasteiger partial charge on any atom is 0.250 e. The molecule has 4 nitrogen and oxygen atoms in total. The van der Waals surface area contributed by atoms with Gasteiger partial charge in [0.1, 0.15) is 4.21 Å². The van der Waals surface area contributed by atoms with Gasteiger partial charge in [-0.05, 0) is 43.5 Å². The van der Waals surface area contributed by atoms with Crippen molar-refractivity contribution in [2.75, 3.05) is 6.54 Å². The van der Waals surface area contributed by atoms with Gasteiger partial charge in [0.15, 0.2) is 0 Å². The monoisotopic (exact) mass is 354 g/mol. The average molecular weight is 355 g/mol. The van der Waals surface area contributed by atoms with Crippen LogP contribution in [0.15, 0.2) is 28.5 Å². The van der Waals surface area contributed by atoms with Gasteiger partial charge >= 0.3 is 0 Å². The van der Waals surface area contributed by atoms with Crippen molar-refractivity contribution in [3.63, 3.8) is 0 Å². The zero-order valence-corrected chi connectivity index (χ0v) is 14.2. The summed E-state index contributed by atoms with van der Waals surface area (Å²) in [5.74, 6) is 0. The number of halogens is 2. The largest absolute Gasteiger partial charge is 0.329 e. The first kappa shape index (κ1) is 17.7. The Labute approximate surface area is 133 Å². The Bertz CT molecular complexity index is 711. The first-order chi connectivity index (χ1) is 8.73. The van der Waals surface area contributed by atoms with Crippen molar-refractivity contribution < 1.29 is 8.42 Å². The molecule has 20 heavy (non-hydrogen) atoms. The van der Waals surface area contributed by atoms with Crippen LogP contribution in [-0.2, 0) is 10.0 Å². The molecule has 0 saturated heterocycles. The van der Waals surface area contributed by atoms with E-state index in [0.29, 0.717) is 5.02 Å². The van der Waals surface area contributed by atoms with E-state index in [0.717, 1.165) is 10.1 Å². The van der Waals surface area contributed by atoms with Gasteiger partial charge < -0.3 is 5.73 Å². The van der Waals surface area contributed by atoms with Gasteiger partial charge in [-0.2, -0.15) is 0 Å². The predicted molar refractivity (Wildman–Crippen MR) is 87.5 cm³/mol. The van der Waals surface area contributed by atoms with E-state index in [2.05, 4.69) is 4.72 Å². The summed E-state index contributed by atoms with van der Waals surface area (Å²) >= 11 is 7.11. The van der Waals surface area contributed by atoms with Crippen molar-refractivity contribution in [1.29, 1.82) is 0 Å². The van der Waals surface area contributed by atoms with E-state index in [1.165, 1.54) is 11.3 Å². The molecule has 0 bridgehead atoms. The Balaban J connectivity index is 0.00000200. The highest BCUT2D eigenvalue weighted by atomic mass is 35.5. The summed E-state index contributed by atoms with van der Waals surface area (Å²) in [6.07, 6.45) is 0. The van der Waals surface area contributed by atoms with E-state index >= 15 is 0 Å². The minimum atomic E-state index is -3.56. The first-order valence-corrected chi connectivity index (χ1v) is 8.34. The SMILES string of the molecule is CC(C)(CN)NS(=O)(=O)c1cc2cc(Cl)ccc2s1.Cl. The van der Waals surface area contributed by atoms with Crippen molar-refractivity contribution >= 4 is 55.5 Å². The maximum absolute atomic E-state index is 12.3. The molecule has 0 amide bonds. The van der Waals surface area contributed by atoms with Crippen molar-refractivity contribution in [1.82, 2.24) is 4.72 Å². The quantitative estimate of drug-likeness (QED) is 0.886. The molecular formula is C12H16Cl2N2O2S2. The standard InChI is InChI=1S/C12H15ClN2O2S2.ClH/c1-12(2,7-14)15-19(16,17)11-6-8-5-9(13)3-4-10(8)18-11;/h3-6,15H,7,14H2,1-2H3;1H. The molecule has 8 heteroatoms. The van der Waals surface area contributed by atoms with Gasteiger partial charge in [0, 0.05) is 21.8 Å². The average Bonchev–Trinajstić information content (AvgIpc) is 2.71. The van der Waals surface area contributed by atoms with Gasteiger partial charge in [0.05, 0.1) is 0 Å². The Morgan fingerprint density at radius 2 is 2.00 bits per heavy atom. The number of thiophene rings is 1. The van der Waals surface area contributed by atoms with E-state index in [9.17, 15) is 8.42 Å². The number of sulfonamides is 1. The Morgan fingerprint density at radius 1 is 1.35 bits per heavy atom. The van der Waals surface area contributed by atoms with Crippen molar-refractivity contribution in [3.05, 3.63) is 29.3 Å². The van der Waals surface area contributed by atoms with Crippen LogP contribution in [0, 0.1) is 0 Å². The van der Waals surface area contributed by atoms with Crippen LogP contribution in [-0.4, -0.2) is 20.5 Å². The number of rotatable bonds is 4. The molecule has 1 aromatic heterocycles. The van der Waals surface area contributed by atoms with Crippen LogP contribution in [0.2, 0.25) is 5.02 Å². The van der Waals surface area contributed by atoms with Gasteiger partial charge in [0.25, 0.3) is 10.0 Å². The molecule has 0 radical (unpaired) electrons. The normalized spacial score (nSPS) is 12.4. The van der Waals surface area contributed by atoms with Gasteiger partial charge in [-0.15, -0.1) is 23.7 Å². The lowest BCUT2D eigenvalue weighted by atomic mass is 10.1. The molecule has 0 aliphatic heterocycles. The number of fused-ring (bicyclic) bond motifs is 1. The Morgan fingerprint density at radius 3 is 2.60 bits per heavy atom. The predicted octanol–water partition coefficient (Wildman–Crippen LogP) is 2.99. The summed E-state index contributed by atoms with van der Waals surface area (Å²) < 4.78 is 28.3. The minimum absolute atomic E-state index is 0. The first-order valence-electron chi connectivity index (χ1n) is 5.67. The van der Waals surface area contributed by atoms with Gasteiger partial charge in [-0.1, -0.05) is 11.6 Å². The summed E-state index contributed by atoms with van der Waals surface area (Å²) in [4.78, 5) is 0. The second-order valence-electron chi connectivity index (χ2n) is 4.94. The molecule has 0 aliphatic rings. The fraction of sp³-hybridized carbons (Fsp3) is 0.333. The number of benzene rings is 1. The molecule has 0 atom stereocenters. The summed E-state index contributed by atoms with van der Waals surface area (Å²) in [7, 11) is -3.56. The van der Waals surface area contributed by atoms with Crippen molar-refractivity contribution in [2.24, 2.45) is 5.73 Å². The topological polar surface area (TPSA) is 72.2 Å². The van der Waals surface area contributed by atoms with Gasteiger partial charge in [-0.25, -0.2) is 13.1 Å². The zero-order chi connectivity index (χ0) is 14.3. The van der Waals surface area contributed by atoms with E-state index in [-0.39, 0.29) is 23.2 Å². The maximum atomic E-state index is 12.3. The molecule has 1 heterocycles. The molecular weight excluding hydrogens is 339 g/mol. The molecule has 0 saturated carbocycles. The van der Waals surface area contributed by atoms with Crippen LogP contribution in [0.4, 0.5) is 0 Å². The molecule has 2 rings (SSSR count). The summed E-state index contributed by atoms with van der Waals surface area (Å²) in [5, 5.41) is 1.41. The molecule has 1 aromatic carbocycles. The highest BCUT2D eigenvalue weighted by Crippen LogP contribution is 2.31. The highest BCUT2D eigenvalue weighted by molar-refractivity contribution is 7.91. The number of hydrogen-bond acceptors (Lipinski definition) is 4. The second kappa shape index (κ2) is 6.17. The number of nitrogens with two attached hydrogens (primary N) is 1. The third-order valence-electron chi connectivity index (χ3n) is 2.64. The summed E-state index contributed by atoms with van der Waals surface area (Å²) in [6.45, 7) is 3.71. The Kier molecular flexibility index (Phi) is 5.46. The van der Waals surface area contributed by atoms with Crippen LogP contribution < -0.4 is 10.5 Å². The molecule has 3 N–H and O–H groups in total. The minimum Gasteiger partial charge on any atom is -0.329 e. The molecule has 0 spiro atoms. The lowest BCUT2D eigenvalue weighted by molar-refractivity contribution is 0.463. The highest BCUT2D eigenvalue weighted by Gasteiger charge is 2.26. The molecule has 112 valence electrons. The number of nitrogens with one attached hydrogen (secondary N) is 1. The van der Waals surface area contributed by atoms with Crippen LogP contribution >= 0.6 is 35.3 Å².